The Morgan fingerprint density at radius 2 is 1.87 bits per heavy atom. The van der Waals surface area contributed by atoms with Crippen LogP contribution in [-0.2, 0) is 14.2 Å². The molecule has 3 aromatic rings. The monoisotopic (exact) mass is 519 g/mol. The Balaban J connectivity index is 1.16. The highest BCUT2D eigenvalue weighted by atomic mass is 16.8. The third kappa shape index (κ3) is 4.00. The molecule has 7 rings (SSSR count). The second-order valence-corrected chi connectivity index (χ2v) is 11.2. The molecule has 4 aliphatic rings. The number of fused-ring (bicyclic) bond motifs is 2. The summed E-state index contributed by atoms with van der Waals surface area (Å²) in [6.07, 6.45) is 5.57. The van der Waals surface area contributed by atoms with Crippen molar-refractivity contribution in [3.8, 4) is 0 Å². The predicted molar refractivity (Wildman–Crippen MR) is 138 cm³/mol. The predicted octanol–water partition coefficient (Wildman–Crippen LogP) is 2.32. The Morgan fingerprint density at radius 3 is 2.63 bits per heavy atom. The van der Waals surface area contributed by atoms with Crippen LogP contribution in [0.25, 0.3) is 11.2 Å². The first-order valence-corrected chi connectivity index (χ1v) is 13.4. The Morgan fingerprint density at radius 1 is 1.08 bits per heavy atom. The second kappa shape index (κ2) is 9.06. The lowest BCUT2D eigenvalue weighted by atomic mass is 9.76. The van der Waals surface area contributed by atoms with Crippen molar-refractivity contribution in [3.63, 3.8) is 0 Å². The minimum atomic E-state index is -0.711. The van der Waals surface area contributed by atoms with Crippen molar-refractivity contribution in [2.24, 2.45) is 0 Å². The van der Waals surface area contributed by atoms with Gasteiger partial charge in [0.1, 0.15) is 24.6 Å². The summed E-state index contributed by atoms with van der Waals surface area (Å²) in [4.78, 5) is 28.7. The van der Waals surface area contributed by atoms with Gasteiger partial charge in [-0.05, 0) is 58.3 Å². The molecule has 0 radical (unpaired) electrons. The van der Waals surface area contributed by atoms with Gasteiger partial charge in [0.05, 0.1) is 6.33 Å². The average Bonchev–Trinajstić information content (AvgIpc) is 3.59. The molecule has 4 saturated heterocycles. The molecule has 1 aromatic carbocycles. The lowest BCUT2D eigenvalue weighted by molar-refractivity contribution is -0.202. The number of imidazole rings is 1. The molecule has 11 heteroatoms. The molecule has 1 amide bonds. The first-order chi connectivity index (χ1) is 18.4. The fourth-order valence-corrected chi connectivity index (χ4v) is 6.48. The van der Waals surface area contributed by atoms with Crippen LogP contribution in [-0.4, -0.2) is 86.1 Å². The lowest BCUT2D eigenvalue weighted by Crippen LogP contribution is -2.65. The van der Waals surface area contributed by atoms with Crippen LogP contribution in [0.5, 0.6) is 0 Å². The molecule has 38 heavy (non-hydrogen) atoms. The fourth-order valence-electron chi connectivity index (χ4n) is 6.48. The molecule has 4 fully saturated rings. The van der Waals surface area contributed by atoms with E-state index >= 15 is 0 Å². The molecule has 0 bridgehead atoms. The van der Waals surface area contributed by atoms with E-state index in [2.05, 4.69) is 30.5 Å². The van der Waals surface area contributed by atoms with Gasteiger partial charge in [-0.25, -0.2) is 15.0 Å². The van der Waals surface area contributed by atoms with Crippen molar-refractivity contribution in [3.05, 3.63) is 48.5 Å². The molecule has 0 unspecified atom stereocenters. The third-order valence-electron chi connectivity index (χ3n) is 8.48. The summed E-state index contributed by atoms with van der Waals surface area (Å²) >= 11 is 0. The van der Waals surface area contributed by atoms with Gasteiger partial charge in [0.15, 0.2) is 29.0 Å². The molecule has 2 aromatic heterocycles. The van der Waals surface area contributed by atoms with E-state index in [4.69, 9.17) is 14.2 Å². The van der Waals surface area contributed by atoms with Gasteiger partial charge in [-0.2, -0.15) is 0 Å². The van der Waals surface area contributed by atoms with Crippen LogP contribution in [0.15, 0.2) is 43.0 Å². The Kier molecular flexibility index (Phi) is 5.75. The Labute approximate surface area is 220 Å². The van der Waals surface area contributed by atoms with Crippen molar-refractivity contribution < 1.29 is 19.0 Å². The largest absolute Gasteiger partial charge is 0.348 e. The van der Waals surface area contributed by atoms with E-state index in [1.54, 1.807) is 18.5 Å². The number of ether oxygens (including phenoxy) is 3. The summed E-state index contributed by atoms with van der Waals surface area (Å²) in [6.45, 7) is 7.90. The number of benzene rings is 1. The highest BCUT2D eigenvalue weighted by molar-refractivity contribution is 6.06. The van der Waals surface area contributed by atoms with E-state index < -0.39 is 12.0 Å². The van der Waals surface area contributed by atoms with Crippen LogP contribution in [0.4, 0.5) is 5.82 Å². The van der Waals surface area contributed by atoms with E-state index in [1.807, 2.05) is 36.6 Å². The average molecular weight is 520 g/mol. The second-order valence-electron chi connectivity index (χ2n) is 11.2. The summed E-state index contributed by atoms with van der Waals surface area (Å²) in [5, 5.41) is 6.36. The zero-order valence-corrected chi connectivity index (χ0v) is 21.7. The number of carbonyl (C=O) groups excluding carboxylic acids is 1. The molecule has 200 valence electrons. The molecular weight excluding hydrogens is 486 g/mol. The zero-order chi connectivity index (χ0) is 25.9. The molecule has 6 heterocycles. The maximum absolute atomic E-state index is 12.8. The van der Waals surface area contributed by atoms with Gasteiger partial charge in [-0.3, -0.25) is 14.3 Å². The van der Waals surface area contributed by atoms with Crippen LogP contribution in [0.3, 0.4) is 0 Å². The van der Waals surface area contributed by atoms with Gasteiger partial charge >= 0.3 is 0 Å². The number of likely N-dealkylation sites (tertiary alicyclic amines) is 1. The number of amides is 1. The summed E-state index contributed by atoms with van der Waals surface area (Å²) in [6, 6.07) is 9.02. The van der Waals surface area contributed by atoms with E-state index in [0.717, 1.165) is 26.2 Å². The number of aromatic nitrogens is 4. The third-order valence-corrected chi connectivity index (χ3v) is 8.48. The van der Waals surface area contributed by atoms with Crippen LogP contribution in [0, 0.1) is 0 Å². The number of rotatable bonds is 5. The number of piperidine rings is 1. The molecule has 0 saturated carbocycles. The van der Waals surface area contributed by atoms with Gasteiger partial charge in [0.25, 0.3) is 5.91 Å². The number of carbonyl (C=O) groups is 1. The smallest absolute Gasteiger partial charge is 0.256 e. The Bertz CT molecular complexity index is 1340. The summed E-state index contributed by atoms with van der Waals surface area (Å²) in [7, 11) is 0. The summed E-state index contributed by atoms with van der Waals surface area (Å²) < 4.78 is 21.3. The van der Waals surface area contributed by atoms with Gasteiger partial charge < -0.3 is 24.8 Å². The summed E-state index contributed by atoms with van der Waals surface area (Å²) in [5.41, 5.74) is 1.88. The maximum Gasteiger partial charge on any atom is 0.256 e. The number of anilines is 1. The number of nitrogens with one attached hydrogen (secondary N) is 2. The van der Waals surface area contributed by atoms with E-state index in [0.29, 0.717) is 22.5 Å². The van der Waals surface area contributed by atoms with Gasteiger partial charge in [0.2, 0.25) is 0 Å². The number of hydrogen-bond donors (Lipinski definition) is 2. The normalized spacial score (nSPS) is 29.8. The number of nitrogens with zero attached hydrogens (tertiary/aromatic N) is 5. The molecule has 4 atom stereocenters. The molecular formula is C27H33N7O4. The van der Waals surface area contributed by atoms with E-state index in [1.165, 1.54) is 25.6 Å². The molecule has 4 aliphatic heterocycles. The quantitative estimate of drug-likeness (QED) is 0.524. The van der Waals surface area contributed by atoms with Crippen molar-refractivity contribution >= 4 is 22.9 Å². The van der Waals surface area contributed by atoms with E-state index in [-0.39, 0.29) is 29.8 Å². The van der Waals surface area contributed by atoms with Crippen LogP contribution in [0.1, 0.15) is 49.7 Å². The molecule has 1 spiro atoms. The molecule has 0 aliphatic carbocycles. The Hall–Kier alpha value is -2.96. The van der Waals surface area contributed by atoms with Crippen LogP contribution < -0.4 is 10.6 Å². The fraction of sp³-hybridized carbons (Fsp3) is 0.556. The zero-order valence-electron chi connectivity index (χ0n) is 21.7. The first kappa shape index (κ1) is 24.1. The summed E-state index contributed by atoms with van der Waals surface area (Å²) in [5.74, 6) is -0.615. The topological polar surface area (TPSA) is 116 Å². The van der Waals surface area contributed by atoms with Crippen molar-refractivity contribution in [1.82, 2.24) is 29.7 Å². The van der Waals surface area contributed by atoms with Gasteiger partial charge in [0, 0.05) is 24.2 Å². The maximum atomic E-state index is 12.8. The van der Waals surface area contributed by atoms with Crippen molar-refractivity contribution in [2.75, 3.05) is 31.5 Å². The highest BCUT2D eigenvalue weighted by Crippen LogP contribution is 2.46. The minimum Gasteiger partial charge on any atom is -0.348 e. The molecule has 2 N–H and O–H groups in total. The molecule has 11 nitrogen and oxygen atoms in total. The van der Waals surface area contributed by atoms with Crippen LogP contribution in [0.2, 0.25) is 0 Å². The highest BCUT2D eigenvalue weighted by Gasteiger charge is 2.58. The lowest BCUT2D eigenvalue weighted by Gasteiger charge is -2.56. The van der Waals surface area contributed by atoms with E-state index in [9.17, 15) is 4.79 Å². The first-order valence-electron chi connectivity index (χ1n) is 13.4. The number of hydrogen-bond acceptors (Lipinski definition) is 9. The van der Waals surface area contributed by atoms with Crippen molar-refractivity contribution in [1.29, 1.82) is 0 Å². The van der Waals surface area contributed by atoms with Gasteiger partial charge in [-0.15, -0.1) is 0 Å². The minimum absolute atomic E-state index is 0.143. The van der Waals surface area contributed by atoms with Crippen molar-refractivity contribution in [2.45, 2.75) is 69.0 Å². The standard InChI is InChI=1S/C27H33N7O4/c1-26(2)37-20-18(14-33-13-10-27(33)8-11-28-12-9-27)36-25(21(20)38-26)34-16-31-19-22(29-15-30-23(19)34)32-24(35)17-6-4-3-5-7-17/h3-7,15-16,18,20-21,25,28H,8-14H2,1-2H3,(H,29,30,32,35)/t18-,20-,21-,25-/m1/s1. The van der Waals surface area contributed by atoms with Gasteiger partial charge in [-0.1, -0.05) is 18.2 Å². The van der Waals surface area contributed by atoms with Crippen LogP contribution >= 0.6 is 0 Å². The SMILES string of the molecule is CC1(C)O[C@@H]2[C@H](O1)[C@@H](CN1CCC13CCNCC3)O[C@H]2n1cnc2c(NC(=O)c3ccccc3)ncnc21.